The number of piperazine rings is 1. The molecular weight excluding hydrogens is 204 g/mol. The maximum absolute atomic E-state index is 10.6. The van der Waals surface area contributed by atoms with Gasteiger partial charge in [-0.25, -0.2) is 0 Å². The van der Waals surface area contributed by atoms with Crippen LogP contribution >= 0.6 is 0 Å². The van der Waals surface area contributed by atoms with Crippen molar-refractivity contribution in [1.82, 2.24) is 5.32 Å². The fraction of sp³-hybridized carbons (Fsp3) is 0.417. The molecule has 1 atom stereocenters. The van der Waals surface area contributed by atoms with E-state index in [4.69, 9.17) is 0 Å². The van der Waals surface area contributed by atoms with Gasteiger partial charge in [0, 0.05) is 37.4 Å². The maximum atomic E-state index is 10.6. The van der Waals surface area contributed by atoms with Crippen LogP contribution in [0.4, 0.5) is 5.69 Å². The molecule has 2 rings (SSSR count). The lowest BCUT2D eigenvalue weighted by Gasteiger charge is -2.36. The SMILES string of the molecule is C[C@@H]1CNCCN1c1ccc(C=O)c(O)c1. The molecule has 0 spiro atoms. The van der Waals surface area contributed by atoms with Gasteiger partial charge in [0.2, 0.25) is 0 Å². The molecule has 0 amide bonds. The Labute approximate surface area is 94.9 Å². The van der Waals surface area contributed by atoms with Gasteiger partial charge >= 0.3 is 0 Å². The summed E-state index contributed by atoms with van der Waals surface area (Å²) >= 11 is 0. The van der Waals surface area contributed by atoms with E-state index in [-0.39, 0.29) is 5.75 Å². The fourth-order valence-corrected chi connectivity index (χ4v) is 2.03. The Morgan fingerprint density at radius 2 is 2.38 bits per heavy atom. The molecule has 16 heavy (non-hydrogen) atoms. The van der Waals surface area contributed by atoms with Crippen LogP contribution in [-0.2, 0) is 0 Å². The summed E-state index contributed by atoms with van der Waals surface area (Å²) in [5.41, 5.74) is 1.31. The summed E-state index contributed by atoms with van der Waals surface area (Å²) in [4.78, 5) is 12.8. The first-order chi connectivity index (χ1) is 7.72. The van der Waals surface area contributed by atoms with Crippen molar-refractivity contribution >= 4 is 12.0 Å². The molecule has 1 saturated heterocycles. The molecule has 1 aromatic rings. The number of anilines is 1. The van der Waals surface area contributed by atoms with Gasteiger partial charge in [0.1, 0.15) is 5.75 Å². The van der Waals surface area contributed by atoms with Gasteiger partial charge in [-0.15, -0.1) is 0 Å². The number of aldehydes is 1. The van der Waals surface area contributed by atoms with Gasteiger partial charge in [0.05, 0.1) is 5.56 Å². The van der Waals surface area contributed by atoms with Crippen molar-refractivity contribution in [3.8, 4) is 5.75 Å². The molecule has 0 saturated carbocycles. The molecule has 2 N–H and O–H groups in total. The van der Waals surface area contributed by atoms with Crippen LogP contribution in [0, 0.1) is 0 Å². The summed E-state index contributed by atoms with van der Waals surface area (Å²) in [5, 5.41) is 12.9. The predicted octanol–water partition coefficient (Wildman–Crippen LogP) is 1.00. The average molecular weight is 220 g/mol. The second-order valence-electron chi connectivity index (χ2n) is 4.11. The highest BCUT2D eigenvalue weighted by Crippen LogP contribution is 2.25. The minimum atomic E-state index is 0.0539. The van der Waals surface area contributed by atoms with Crippen LogP contribution in [0.15, 0.2) is 18.2 Å². The lowest BCUT2D eigenvalue weighted by atomic mass is 10.1. The third kappa shape index (κ3) is 2.02. The van der Waals surface area contributed by atoms with Crippen LogP contribution in [0.25, 0.3) is 0 Å². The second-order valence-corrected chi connectivity index (χ2v) is 4.11. The quantitative estimate of drug-likeness (QED) is 0.730. The Morgan fingerprint density at radius 1 is 1.56 bits per heavy atom. The minimum absolute atomic E-state index is 0.0539. The molecule has 4 heteroatoms. The number of benzene rings is 1. The molecule has 0 aliphatic carbocycles. The van der Waals surface area contributed by atoms with Gasteiger partial charge < -0.3 is 15.3 Å². The highest BCUT2D eigenvalue weighted by atomic mass is 16.3. The average Bonchev–Trinajstić information content (AvgIpc) is 2.29. The smallest absolute Gasteiger partial charge is 0.153 e. The normalized spacial score (nSPS) is 20.8. The lowest BCUT2D eigenvalue weighted by Crippen LogP contribution is -2.49. The molecule has 0 aromatic heterocycles. The van der Waals surface area contributed by atoms with Crippen molar-refractivity contribution in [2.75, 3.05) is 24.5 Å². The van der Waals surface area contributed by atoms with Crippen LogP contribution in [-0.4, -0.2) is 37.1 Å². The summed E-state index contributed by atoms with van der Waals surface area (Å²) in [7, 11) is 0. The van der Waals surface area contributed by atoms with Gasteiger partial charge in [-0.1, -0.05) is 0 Å². The second kappa shape index (κ2) is 4.53. The van der Waals surface area contributed by atoms with E-state index in [0.717, 1.165) is 25.3 Å². The number of hydrogen-bond donors (Lipinski definition) is 2. The Morgan fingerprint density at radius 3 is 3.00 bits per heavy atom. The topological polar surface area (TPSA) is 52.6 Å². The molecule has 1 aliphatic heterocycles. The fourth-order valence-electron chi connectivity index (χ4n) is 2.03. The molecular formula is C12H16N2O2. The van der Waals surface area contributed by atoms with Crippen molar-refractivity contribution in [2.45, 2.75) is 13.0 Å². The van der Waals surface area contributed by atoms with Gasteiger partial charge in [0.25, 0.3) is 0 Å². The lowest BCUT2D eigenvalue weighted by molar-refractivity contribution is 0.112. The summed E-state index contributed by atoms with van der Waals surface area (Å²) in [6, 6.07) is 5.60. The molecule has 0 unspecified atom stereocenters. The summed E-state index contributed by atoms with van der Waals surface area (Å²) in [5.74, 6) is 0.0539. The zero-order chi connectivity index (χ0) is 11.5. The number of phenols is 1. The van der Waals surface area contributed by atoms with Crippen LogP contribution in [0.3, 0.4) is 0 Å². The van der Waals surface area contributed by atoms with Crippen molar-refractivity contribution in [3.63, 3.8) is 0 Å². The van der Waals surface area contributed by atoms with E-state index in [0.29, 0.717) is 17.9 Å². The van der Waals surface area contributed by atoms with E-state index in [1.807, 2.05) is 6.07 Å². The minimum Gasteiger partial charge on any atom is -0.507 e. The number of nitrogens with zero attached hydrogens (tertiary/aromatic N) is 1. The Hall–Kier alpha value is -1.55. The maximum Gasteiger partial charge on any atom is 0.153 e. The molecule has 86 valence electrons. The van der Waals surface area contributed by atoms with E-state index in [9.17, 15) is 9.90 Å². The Bertz CT molecular complexity index is 393. The first kappa shape index (κ1) is 11.0. The van der Waals surface area contributed by atoms with E-state index < -0.39 is 0 Å². The number of rotatable bonds is 2. The van der Waals surface area contributed by atoms with Gasteiger partial charge in [-0.05, 0) is 19.1 Å². The van der Waals surface area contributed by atoms with E-state index in [1.54, 1.807) is 12.1 Å². The molecule has 1 fully saturated rings. The van der Waals surface area contributed by atoms with Crippen molar-refractivity contribution < 1.29 is 9.90 Å². The molecule has 0 radical (unpaired) electrons. The molecule has 1 aliphatic rings. The number of carbonyl (C=O) groups excluding carboxylic acids is 1. The van der Waals surface area contributed by atoms with E-state index in [1.165, 1.54) is 0 Å². The molecule has 1 aromatic carbocycles. The van der Waals surface area contributed by atoms with Gasteiger partial charge in [0.15, 0.2) is 6.29 Å². The first-order valence-electron chi connectivity index (χ1n) is 5.48. The predicted molar refractivity (Wildman–Crippen MR) is 63.2 cm³/mol. The van der Waals surface area contributed by atoms with Gasteiger partial charge in [-0.2, -0.15) is 0 Å². The highest BCUT2D eigenvalue weighted by Gasteiger charge is 2.18. The summed E-state index contributed by atoms with van der Waals surface area (Å²) in [6.07, 6.45) is 0.667. The van der Waals surface area contributed by atoms with Crippen LogP contribution in [0.2, 0.25) is 0 Å². The third-order valence-electron chi connectivity index (χ3n) is 2.97. The number of aromatic hydroxyl groups is 1. The number of hydrogen-bond acceptors (Lipinski definition) is 4. The summed E-state index contributed by atoms with van der Waals surface area (Å²) in [6.45, 7) is 4.94. The van der Waals surface area contributed by atoms with Crippen LogP contribution < -0.4 is 10.2 Å². The molecule has 0 bridgehead atoms. The standard InChI is InChI=1S/C12H16N2O2/c1-9-7-13-4-5-14(9)11-3-2-10(8-15)12(16)6-11/h2-3,6,8-9,13,16H,4-5,7H2,1H3/t9-/m1/s1. The zero-order valence-electron chi connectivity index (χ0n) is 9.31. The van der Waals surface area contributed by atoms with Gasteiger partial charge in [-0.3, -0.25) is 4.79 Å². The molecule has 4 nitrogen and oxygen atoms in total. The van der Waals surface area contributed by atoms with E-state index in [2.05, 4.69) is 17.1 Å². The van der Waals surface area contributed by atoms with Crippen molar-refractivity contribution in [2.24, 2.45) is 0 Å². The Kier molecular flexibility index (Phi) is 3.10. The van der Waals surface area contributed by atoms with Crippen LogP contribution in [0.5, 0.6) is 5.75 Å². The third-order valence-corrected chi connectivity index (χ3v) is 2.97. The number of carbonyl (C=O) groups is 1. The van der Waals surface area contributed by atoms with Crippen molar-refractivity contribution in [1.29, 1.82) is 0 Å². The van der Waals surface area contributed by atoms with E-state index >= 15 is 0 Å². The largest absolute Gasteiger partial charge is 0.507 e. The number of nitrogens with one attached hydrogen (secondary N) is 1. The highest BCUT2D eigenvalue weighted by molar-refractivity contribution is 5.80. The molecule has 1 heterocycles. The number of phenolic OH excluding ortho intramolecular Hbond substituents is 1. The Balaban J connectivity index is 2.26. The first-order valence-corrected chi connectivity index (χ1v) is 5.48. The summed E-state index contributed by atoms with van der Waals surface area (Å²) < 4.78 is 0. The van der Waals surface area contributed by atoms with Crippen molar-refractivity contribution in [3.05, 3.63) is 23.8 Å². The zero-order valence-corrected chi connectivity index (χ0v) is 9.31. The van der Waals surface area contributed by atoms with Crippen LogP contribution in [0.1, 0.15) is 17.3 Å². The monoisotopic (exact) mass is 220 g/mol.